The van der Waals surface area contributed by atoms with Crippen molar-refractivity contribution in [2.24, 2.45) is 74.5 Å². The van der Waals surface area contributed by atoms with Gasteiger partial charge in [0, 0.05) is 54.9 Å². The third-order valence-corrected chi connectivity index (χ3v) is 21.5. The van der Waals surface area contributed by atoms with Crippen molar-refractivity contribution in [3.05, 3.63) is 36.0 Å². The van der Waals surface area contributed by atoms with Gasteiger partial charge in [-0.15, -0.1) is 0 Å². The van der Waals surface area contributed by atoms with Crippen molar-refractivity contribution in [2.75, 3.05) is 44.2 Å². The standard InChI is InChI=1S/C75H126N24O17S2/c1-10-41(8)61-74(116)92-47(21-13-15-27-76)65(107)90-50(25-26-56(79)101)67(109)96-54(62(81)104)36-117-118-37-55(87-42(9)100)71(113)89-49(24-18-30-84-75(82)83)66(108)93-51(31-38(2)3)69(111)98-59(39(4)5)72(114)91-48(22-14-16-28-77)68(110)97-60(40(6)7)73(115)95-53(33-57(80)102)63(105)86-35-58(103)88-46(23-17-29-78)64(106)94-52(70(112)99-61)32-43-34-85-45-20-12-11-19-44(43)45/h11-12,19-20,34,38-41,46-55,59-61,85H,10,13-18,21-33,35-37,76-78H2,1-9H3,(H2,79,101)(H2,80,102)(H2,81,104)(H,86,105)(H,87,100)(H,88,103)(H,89,113)(H,90,107)(H,91,114)(H,92,116)(H,93,108)(H,94,106)(H,95,115)(H,96,109)(H,97,110)(H,98,111)(H,99,112)(H4,82,83,84)/t41-,46-,47-,48-,49-,50-,51-,52-,53-,54-,55-,59-,60-,61+/m0/s1. The lowest BCUT2D eigenvalue weighted by molar-refractivity contribution is -0.137. The van der Waals surface area contributed by atoms with E-state index in [2.05, 4.69) is 84.4 Å². The summed E-state index contributed by atoms with van der Waals surface area (Å²) >= 11 is 0. The number of para-hydroxylation sites is 1. The number of nitrogens with two attached hydrogens (primary N) is 8. The van der Waals surface area contributed by atoms with Crippen LogP contribution in [0.1, 0.15) is 164 Å². The second kappa shape index (κ2) is 53.1. The van der Waals surface area contributed by atoms with Crippen LogP contribution in [0.2, 0.25) is 0 Å². The van der Waals surface area contributed by atoms with E-state index in [0.717, 1.165) is 28.5 Å². The van der Waals surface area contributed by atoms with Crippen LogP contribution in [0.25, 0.3) is 10.9 Å². The number of rotatable bonds is 30. The number of carbonyl (C=O) groups is 17. The average Bonchev–Trinajstić information content (AvgIpc) is 1.67. The number of aliphatic imine (C=N–C) groups is 1. The van der Waals surface area contributed by atoms with Crippen LogP contribution in [0.15, 0.2) is 35.5 Å². The summed E-state index contributed by atoms with van der Waals surface area (Å²) in [5.74, 6) is -19.2. The molecule has 1 aromatic carbocycles. The monoisotopic (exact) mass is 1700 g/mol. The highest BCUT2D eigenvalue weighted by atomic mass is 33.1. The number of primary amides is 3. The second-order valence-electron chi connectivity index (χ2n) is 30.2. The molecule has 1 saturated heterocycles. The zero-order valence-corrected chi connectivity index (χ0v) is 70.4. The Hall–Kier alpha value is -10.4. The Morgan fingerprint density at radius 3 is 1.45 bits per heavy atom. The molecule has 2 aromatic rings. The molecule has 31 N–H and O–H groups in total. The Bertz CT molecular complexity index is 3770. The molecule has 660 valence electrons. The molecule has 0 aliphatic carbocycles. The maximum absolute atomic E-state index is 15.0. The molecule has 1 fully saturated rings. The topological polar surface area (TPSA) is 695 Å². The van der Waals surface area contributed by atoms with Gasteiger partial charge in [0.05, 0.1) is 13.0 Å². The number of fused-ring (bicyclic) bond motifs is 1. The molecule has 2 heterocycles. The summed E-state index contributed by atoms with van der Waals surface area (Å²) in [5, 5.41) is 37.1. The molecule has 1 aliphatic rings. The molecule has 0 saturated carbocycles. The Labute approximate surface area is 694 Å². The van der Waals surface area contributed by atoms with Crippen LogP contribution in [0, 0.1) is 23.7 Å². The predicted octanol–water partition coefficient (Wildman–Crippen LogP) is -5.38. The highest BCUT2D eigenvalue weighted by Gasteiger charge is 2.40. The fourth-order valence-corrected chi connectivity index (χ4v) is 14.7. The molecule has 0 spiro atoms. The minimum absolute atomic E-state index is 0.0133. The van der Waals surface area contributed by atoms with Crippen molar-refractivity contribution >= 4 is 139 Å². The van der Waals surface area contributed by atoms with E-state index in [-0.39, 0.29) is 120 Å². The summed E-state index contributed by atoms with van der Waals surface area (Å²) in [4.78, 5) is 246. The highest BCUT2D eigenvalue weighted by Crippen LogP contribution is 2.25. The van der Waals surface area contributed by atoms with E-state index in [1.54, 1.807) is 85.9 Å². The van der Waals surface area contributed by atoms with Gasteiger partial charge in [-0.2, -0.15) is 0 Å². The third-order valence-electron chi connectivity index (χ3n) is 19.1. The Morgan fingerprint density at radius 2 is 0.932 bits per heavy atom. The second-order valence-corrected chi connectivity index (χ2v) is 32.8. The summed E-state index contributed by atoms with van der Waals surface area (Å²) < 4.78 is 0. The Balaban J connectivity index is 2.29. The van der Waals surface area contributed by atoms with Crippen LogP contribution in [0.3, 0.4) is 0 Å². The van der Waals surface area contributed by atoms with Crippen LogP contribution in [0.4, 0.5) is 0 Å². The summed E-state index contributed by atoms with van der Waals surface area (Å²) in [5.41, 5.74) is 46.9. The van der Waals surface area contributed by atoms with Crippen molar-refractivity contribution in [3.8, 4) is 0 Å². The van der Waals surface area contributed by atoms with E-state index >= 15 is 4.79 Å². The number of H-pyrrole nitrogens is 1. The number of unbranched alkanes of at least 4 members (excludes halogenated alkanes) is 2. The van der Waals surface area contributed by atoms with E-state index in [0.29, 0.717) is 29.3 Å². The Kier molecular flexibility index (Phi) is 45.8. The zero-order chi connectivity index (χ0) is 88.5. The number of hydrogen-bond acceptors (Lipinski definition) is 23. The highest BCUT2D eigenvalue weighted by molar-refractivity contribution is 8.76. The molecule has 0 bridgehead atoms. The average molecular weight is 1700 g/mol. The lowest BCUT2D eigenvalue weighted by Gasteiger charge is -2.30. The molecule has 1 aromatic heterocycles. The lowest BCUT2D eigenvalue weighted by Crippen LogP contribution is -2.61. The Morgan fingerprint density at radius 1 is 0.483 bits per heavy atom. The van der Waals surface area contributed by atoms with Gasteiger partial charge < -0.3 is 125 Å². The van der Waals surface area contributed by atoms with Crippen LogP contribution in [-0.4, -0.2) is 234 Å². The fraction of sp³-hybridized carbons (Fsp3) is 0.653. The fourth-order valence-electron chi connectivity index (χ4n) is 12.4. The molecule has 0 radical (unpaired) electrons. The van der Waals surface area contributed by atoms with Crippen LogP contribution >= 0.6 is 21.6 Å². The van der Waals surface area contributed by atoms with Gasteiger partial charge in [-0.05, 0) is 132 Å². The van der Waals surface area contributed by atoms with Crippen molar-refractivity contribution in [1.82, 2.24) is 79.4 Å². The molecule has 14 atom stereocenters. The van der Waals surface area contributed by atoms with Gasteiger partial charge in [0.2, 0.25) is 100 Å². The van der Waals surface area contributed by atoms with Gasteiger partial charge in [-0.25, -0.2) is 0 Å². The quantitative estimate of drug-likeness (QED) is 0.0150. The summed E-state index contributed by atoms with van der Waals surface area (Å²) in [6, 6.07) is -12.3. The number of hydrogen-bond donors (Lipinski definition) is 23. The van der Waals surface area contributed by atoms with Gasteiger partial charge in [0.25, 0.3) is 0 Å². The van der Waals surface area contributed by atoms with E-state index in [1.165, 1.54) is 0 Å². The third kappa shape index (κ3) is 36.6. The molecule has 3 rings (SSSR count). The first-order valence-electron chi connectivity index (χ1n) is 39.7. The maximum atomic E-state index is 15.0. The SMILES string of the molecule is CC[C@H](C)[C@H]1NC(=O)[C@H](Cc2c[nH]c3ccccc23)NC(=O)[C@H](CCCN)NC(=O)CNC(=O)[C@H](CC(N)=O)NC(=O)[C@H](C(C)C)NC(=O)[C@H](CCCCN)NC(=O)[C@H](C(C)C)NC(=O)[C@H](CC(C)C)NC(=O)[C@H](CCCN=C(N)N)NC(=O)[C@@H](NC(C)=O)CSSC[C@@H](C(N)=O)NC(=O)[C@H](CCC(N)=O)NC(=O)[C@H](CCCCN)NC1=O. The number of guanidine groups is 1. The van der Waals surface area contributed by atoms with Gasteiger partial charge in [-0.3, -0.25) is 86.5 Å². The van der Waals surface area contributed by atoms with E-state index in [1.807, 2.05) is 0 Å². The largest absolute Gasteiger partial charge is 0.370 e. The van der Waals surface area contributed by atoms with Crippen LogP contribution in [0.5, 0.6) is 0 Å². The summed E-state index contributed by atoms with van der Waals surface area (Å²) in [6.45, 7) is 13.8. The van der Waals surface area contributed by atoms with E-state index in [9.17, 15) is 76.7 Å². The molecule has 17 amide bonds. The first-order chi connectivity index (χ1) is 55.7. The molecule has 43 heteroatoms. The zero-order valence-electron chi connectivity index (χ0n) is 68.8. The first kappa shape index (κ1) is 102. The molecule has 1 aliphatic heterocycles. The van der Waals surface area contributed by atoms with E-state index < -0.39 is 223 Å². The van der Waals surface area contributed by atoms with E-state index in [4.69, 9.17) is 45.9 Å². The van der Waals surface area contributed by atoms with Gasteiger partial charge in [0.1, 0.15) is 78.5 Å². The van der Waals surface area contributed by atoms with Crippen molar-refractivity contribution in [3.63, 3.8) is 0 Å². The smallest absolute Gasteiger partial charge is 0.244 e. The number of amides is 17. The van der Waals surface area contributed by atoms with Crippen molar-refractivity contribution in [1.29, 1.82) is 0 Å². The normalized spacial score (nSPS) is 24.3. The molecule has 41 nitrogen and oxygen atoms in total. The van der Waals surface area contributed by atoms with Gasteiger partial charge >= 0.3 is 0 Å². The number of nitrogens with zero attached hydrogens (tertiary/aromatic N) is 1. The molecular weight excluding hydrogens is 1570 g/mol. The molecular formula is C75H126N24O17S2. The number of nitrogens with one attached hydrogen (secondary N) is 15. The number of carbonyl (C=O) groups excluding carboxylic acids is 17. The lowest BCUT2D eigenvalue weighted by atomic mass is 9.96. The summed E-state index contributed by atoms with van der Waals surface area (Å²) in [7, 11) is 1.84. The van der Waals surface area contributed by atoms with Crippen LogP contribution < -0.4 is 120 Å². The van der Waals surface area contributed by atoms with Gasteiger partial charge in [-0.1, -0.05) is 102 Å². The maximum Gasteiger partial charge on any atom is 0.244 e. The number of aromatic nitrogens is 1. The summed E-state index contributed by atoms with van der Waals surface area (Å²) in [6.07, 6.45) is 0.862. The minimum atomic E-state index is -1.78. The van der Waals surface area contributed by atoms with Gasteiger partial charge in [0.15, 0.2) is 5.96 Å². The van der Waals surface area contributed by atoms with Crippen molar-refractivity contribution < 1.29 is 81.5 Å². The number of benzene rings is 1. The molecule has 118 heavy (non-hydrogen) atoms. The first-order valence-corrected chi connectivity index (χ1v) is 42.2. The minimum Gasteiger partial charge on any atom is -0.370 e. The van der Waals surface area contributed by atoms with Crippen molar-refractivity contribution in [2.45, 2.75) is 244 Å². The predicted molar refractivity (Wildman–Crippen MR) is 445 cm³/mol. The molecule has 0 unspecified atom stereocenters. The van der Waals surface area contributed by atoms with Crippen LogP contribution in [-0.2, 0) is 87.9 Å². The number of aromatic amines is 1.